The first-order valence-electron chi connectivity index (χ1n) is 6.48. The van der Waals surface area contributed by atoms with Crippen molar-refractivity contribution >= 4 is 0 Å². The number of aliphatic hydroxyl groups excluding tert-OH is 1. The zero-order valence-electron chi connectivity index (χ0n) is 10.6. The lowest BCUT2D eigenvalue weighted by Crippen LogP contribution is -2.32. The van der Waals surface area contributed by atoms with Crippen LogP contribution in [0, 0.1) is 5.92 Å². The van der Waals surface area contributed by atoms with Crippen molar-refractivity contribution in [3.05, 3.63) is 12.7 Å². The quantitative estimate of drug-likeness (QED) is 0.396. The second-order valence-electron chi connectivity index (χ2n) is 4.53. The number of aliphatic hydroxyl groups is 1. The van der Waals surface area contributed by atoms with Gasteiger partial charge in [-0.25, -0.2) is 0 Å². The summed E-state index contributed by atoms with van der Waals surface area (Å²) in [5.41, 5.74) is 0. The summed E-state index contributed by atoms with van der Waals surface area (Å²) in [5, 5.41) is 12.7. The lowest BCUT2D eigenvalue weighted by molar-refractivity contribution is 0.0314. The van der Waals surface area contributed by atoms with E-state index in [1.165, 1.54) is 12.8 Å². The van der Waals surface area contributed by atoms with Gasteiger partial charge in [0.05, 0.1) is 25.9 Å². The third kappa shape index (κ3) is 9.30. The van der Waals surface area contributed by atoms with Crippen molar-refractivity contribution in [1.29, 1.82) is 0 Å². The fourth-order valence-corrected chi connectivity index (χ4v) is 1.40. The molecular weight excluding hydrogens is 218 g/mol. The van der Waals surface area contributed by atoms with Gasteiger partial charge in [0.2, 0.25) is 0 Å². The normalized spacial score (nSPS) is 17.0. The Labute approximate surface area is 104 Å². The average Bonchev–Trinajstić information content (AvgIpc) is 3.12. The number of nitrogens with one attached hydrogen (secondary N) is 1. The van der Waals surface area contributed by atoms with E-state index in [-0.39, 0.29) is 0 Å². The van der Waals surface area contributed by atoms with E-state index in [0.29, 0.717) is 19.8 Å². The Kier molecular flexibility index (Phi) is 8.26. The van der Waals surface area contributed by atoms with Crippen LogP contribution < -0.4 is 5.32 Å². The maximum atomic E-state index is 9.58. The van der Waals surface area contributed by atoms with E-state index >= 15 is 0 Å². The van der Waals surface area contributed by atoms with Gasteiger partial charge >= 0.3 is 0 Å². The van der Waals surface area contributed by atoms with Crippen molar-refractivity contribution in [3.8, 4) is 0 Å². The summed E-state index contributed by atoms with van der Waals surface area (Å²) < 4.78 is 10.7. The highest BCUT2D eigenvalue weighted by Gasteiger charge is 2.21. The fourth-order valence-electron chi connectivity index (χ4n) is 1.40. The molecule has 1 saturated carbocycles. The first kappa shape index (κ1) is 14.6. The van der Waals surface area contributed by atoms with Crippen LogP contribution in [0.4, 0.5) is 0 Å². The zero-order valence-corrected chi connectivity index (χ0v) is 10.6. The van der Waals surface area contributed by atoms with E-state index in [1.807, 2.05) is 6.08 Å². The minimum Gasteiger partial charge on any atom is -0.389 e. The molecule has 1 aliphatic rings. The SMILES string of the molecule is C=CCCOCCNCC(O)COCC1CC1. The van der Waals surface area contributed by atoms with Crippen molar-refractivity contribution < 1.29 is 14.6 Å². The van der Waals surface area contributed by atoms with Gasteiger partial charge in [-0.2, -0.15) is 0 Å². The summed E-state index contributed by atoms with van der Waals surface area (Å²) in [6.45, 7) is 7.58. The molecule has 0 heterocycles. The Hall–Kier alpha value is -0.420. The largest absolute Gasteiger partial charge is 0.389 e. The Bertz CT molecular complexity index is 195. The molecule has 0 aliphatic heterocycles. The van der Waals surface area contributed by atoms with Crippen molar-refractivity contribution in [3.63, 3.8) is 0 Å². The second-order valence-corrected chi connectivity index (χ2v) is 4.53. The molecule has 0 spiro atoms. The minimum atomic E-state index is -0.415. The average molecular weight is 243 g/mol. The van der Waals surface area contributed by atoms with Crippen LogP contribution in [0.5, 0.6) is 0 Å². The molecule has 2 N–H and O–H groups in total. The molecule has 1 aliphatic carbocycles. The van der Waals surface area contributed by atoms with Crippen molar-refractivity contribution in [2.24, 2.45) is 5.92 Å². The summed E-state index contributed by atoms with van der Waals surface area (Å²) in [5.74, 6) is 0.758. The van der Waals surface area contributed by atoms with E-state index in [4.69, 9.17) is 9.47 Å². The summed E-state index contributed by atoms with van der Waals surface area (Å²) in [6, 6.07) is 0. The molecule has 17 heavy (non-hydrogen) atoms. The first-order chi connectivity index (χ1) is 8.33. The van der Waals surface area contributed by atoms with E-state index in [0.717, 1.165) is 32.1 Å². The standard InChI is InChI=1S/C13H25NO3/c1-2-3-7-16-8-6-14-9-13(15)11-17-10-12-4-5-12/h2,12-15H,1,3-11H2. The van der Waals surface area contributed by atoms with Crippen LogP contribution in [0.25, 0.3) is 0 Å². The first-order valence-corrected chi connectivity index (χ1v) is 6.48. The van der Waals surface area contributed by atoms with Gasteiger partial charge in [-0.1, -0.05) is 6.08 Å². The third-order valence-electron chi connectivity index (χ3n) is 2.63. The Morgan fingerprint density at radius 2 is 2.18 bits per heavy atom. The predicted octanol–water partition coefficient (Wildman–Crippen LogP) is 0.956. The van der Waals surface area contributed by atoms with Crippen LogP contribution in [-0.4, -0.2) is 50.7 Å². The molecule has 0 aromatic heterocycles. The molecule has 0 radical (unpaired) electrons. The van der Waals surface area contributed by atoms with Gasteiger partial charge in [-0.05, 0) is 25.2 Å². The van der Waals surface area contributed by atoms with Crippen LogP contribution in [0.3, 0.4) is 0 Å². The van der Waals surface area contributed by atoms with E-state index in [2.05, 4.69) is 11.9 Å². The van der Waals surface area contributed by atoms with E-state index in [1.54, 1.807) is 0 Å². The Morgan fingerprint density at radius 1 is 1.35 bits per heavy atom. The lowest BCUT2D eigenvalue weighted by atomic mass is 10.3. The molecule has 0 aromatic carbocycles. The monoisotopic (exact) mass is 243 g/mol. The van der Waals surface area contributed by atoms with Gasteiger partial charge in [0.25, 0.3) is 0 Å². The number of rotatable bonds is 12. The molecule has 0 bridgehead atoms. The molecular formula is C13H25NO3. The highest BCUT2D eigenvalue weighted by molar-refractivity contribution is 4.72. The topological polar surface area (TPSA) is 50.7 Å². The van der Waals surface area contributed by atoms with Crippen LogP contribution in [-0.2, 0) is 9.47 Å². The molecule has 1 rings (SSSR count). The highest BCUT2D eigenvalue weighted by atomic mass is 16.5. The van der Waals surface area contributed by atoms with Crippen molar-refractivity contribution in [1.82, 2.24) is 5.32 Å². The lowest BCUT2D eigenvalue weighted by Gasteiger charge is -2.12. The molecule has 4 nitrogen and oxygen atoms in total. The molecule has 4 heteroatoms. The number of hydrogen-bond acceptors (Lipinski definition) is 4. The maximum Gasteiger partial charge on any atom is 0.0897 e. The third-order valence-corrected chi connectivity index (χ3v) is 2.63. The fraction of sp³-hybridized carbons (Fsp3) is 0.846. The van der Waals surface area contributed by atoms with Gasteiger partial charge in [-0.3, -0.25) is 0 Å². The molecule has 1 fully saturated rings. The van der Waals surface area contributed by atoms with Gasteiger partial charge < -0.3 is 19.9 Å². The second kappa shape index (κ2) is 9.59. The van der Waals surface area contributed by atoms with E-state index in [9.17, 15) is 5.11 Å². The van der Waals surface area contributed by atoms with Gasteiger partial charge in [-0.15, -0.1) is 6.58 Å². The number of hydrogen-bond donors (Lipinski definition) is 2. The summed E-state index contributed by atoms with van der Waals surface area (Å²) in [6.07, 6.45) is 4.89. The minimum absolute atomic E-state index is 0.415. The summed E-state index contributed by atoms with van der Waals surface area (Å²) >= 11 is 0. The number of ether oxygens (including phenoxy) is 2. The molecule has 0 aromatic rings. The van der Waals surface area contributed by atoms with Gasteiger partial charge in [0.1, 0.15) is 0 Å². The highest BCUT2D eigenvalue weighted by Crippen LogP contribution is 2.28. The summed E-state index contributed by atoms with van der Waals surface area (Å²) in [4.78, 5) is 0. The van der Waals surface area contributed by atoms with Crippen LogP contribution in [0.1, 0.15) is 19.3 Å². The van der Waals surface area contributed by atoms with Crippen LogP contribution in [0.2, 0.25) is 0 Å². The van der Waals surface area contributed by atoms with Gasteiger partial charge in [0, 0.05) is 19.7 Å². The molecule has 0 amide bonds. The maximum absolute atomic E-state index is 9.58. The molecule has 1 atom stereocenters. The van der Waals surface area contributed by atoms with Crippen LogP contribution >= 0.6 is 0 Å². The summed E-state index contributed by atoms with van der Waals surface area (Å²) in [7, 11) is 0. The molecule has 100 valence electrons. The van der Waals surface area contributed by atoms with Crippen molar-refractivity contribution in [2.45, 2.75) is 25.4 Å². The van der Waals surface area contributed by atoms with Gasteiger partial charge in [0.15, 0.2) is 0 Å². The Morgan fingerprint density at radius 3 is 2.88 bits per heavy atom. The van der Waals surface area contributed by atoms with Crippen molar-refractivity contribution in [2.75, 3.05) is 39.5 Å². The molecule has 1 unspecified atom stereocenters. The Balaban J connectivity index is 1.75. The smallest absolute Gasteiger partial charge is 0.0897 e. The van der Waals surface area contributed by atoms with E-state index < -0.39 is 6.10 Å². The van der Waals surface area contributed by atoms with Crippen LogP contribution in [0.15, 0.2) is 12.7 Å². The molecule has 0 saturated heterocycles. The zero-order chi connectivity index (χ0) is 12.3. The predicted molar refractivity (Wildman–Crippen MR) is 68.1 cm³/mol.